The number of benzene rings is 1. The number of nitrogens with zero attached hydrogens (tertiary/aromatic N) is 3. The van der Waals surface area contributed by atoms with E-state index in [1.165, 1.54) is 0 Å². The molecule has 0 radical (unpaired) electrons. The average molecular weight is 399 g/mol. The number of halogens is 1. The third kappa shape index (κ3) is 3.31. The molecule has 3 aliphatic rings. The highest BCUT2D eigenvalue weighted by Crippen LogP contribution is 2.44. The lowest BCUT2D eigenvalue weighted by Gasteiger charge is -2.37. The number of hydrogen-bond donors (Lipinski definition) is 0. The topological polar surface area (TPSA) is 56.6 Å². The number of alkyl halides is 1. The van der Waals surface area contributed by atoms with Gasteiger partial charge in [-0.2, -0.15) is 5.10 Å². The van der Waals surface area contributed by atoms with Crippen LogP contribution in [-0.4, -0.2) is 47.2 Å². The number of hydrogen-bond acceptors (Lipinski definition) is 4. The number of anilines is 1. The summed E-state index contributed by atoms with van der Waals surface area (Å²) in [5.74, 6) is 0.674. The Kier molecular flexibility index (Phi) is 4.38. The Morgan fingerprint density at radius 1 is 1.34 bits per heavy atom. The van der Waals surface area contributed by atoms with Crippen molar-refractivity contribution in [2.75, 3.05) is 24.7 Å². The number of carbonyl (C=O) groups is 1. The Morgan fingerprint density at radius 3 is 2.79 bits per heavy atom. The van der Waals surface area contributed by atoms with Gasteiger partial charge in [0.2, 0.25) is 5.91 Å². The van der Waals surface area contributed by atoms with Crippen molar-refractivity contribution in [3.63, 3.8) is 0 Å². The van der Waals surface area contributed by atoms with Gasteiger partial charge < -0.3 is 14.4 Å². The number of amides is 1. The normalized spacial score (nSPS) is 22.7. The van der Waals surface area contributed by atoms with Gasteiger partial charge in [0.15, 0.2) is 5.67 Å². The van der Waals surface area contributed by atoms with Crippen molar-refractivity contribution in [3.05, 3.63) is 30.1 Å². The van der Waals surface area contributed by atoms with Crippen molar-refractivity contribution in [1.29, 1.82) is 0 Å². The molecule has 2 fully saturated rings. The van der Waals surface area contributed by atoms with Crippen LogP contribution >= 0.6 is 0 Å². The molecule has 7 heteroatoms. The zero-order valence-electron chi connectivity index (χ0n) is 16.9. The quantitative estimate of drug-likeness (QED) is 0.770. The molecule has 5 rings (SSSR count). The summed E-state index contributed by atoms with van der Waals surface area (Å²) < 4.78 is 27.8. The molecule has 29 heavy (non-hydrogen) atoms. The van der Waals surface area contributed by atoms with E-state index in [4.69, 9.17) is 9.47 Å². The SMILES string of the molecule is CC(=O)N1c2ccc(-c3cnn(C4CC4)c3)c(OCC3(F)COC3)c2CCC1C. The van der Waals surface area contributed by atoms with Crippen LogP contribution in [0.25, 0.3) is 11.1 Å². The van der Waals surface area contributed by atoms with E-state index in [0.29, 0.717) is 11.8 Å². The van der Waals surface area contributed by atoms with Gasteiger partial charge in [-0.1, -0.05) is 0 Å². The first-order valence-electron chi connectivity index (χ1n) is 10.3. The minimum atomic E-state index is -1.44. The number of ether oxygens (including phenoxy) is 2. The van der Waals surface area contributed by atoms with Gasteiger partial charge in [-0.05, 0) is 44.7 Å². The number of aromatic nitrogens is 2. The predicted molar refractivity (Wildman–Crippen MR) is 107 cm³/mol. The zero-order chi connectivity index (χ0) is 20.2. The minimum absolute atomic E-state index is 0.00746. The van der Waals surface area contributed by atoms with Gasteiger partial charge in [0.05, 0.1) is 31.1 Å². The molecular formula is C22H26FN3O3. The summed E-state index contributed by atoms with van der Waals surface area (Å²) in [6.45, 7) is 3.71. The Hall–Kier alpha value is -2.41. The first-order valence-corrected chi connectivity index (χ1v) is 10.3. The van der Waals surface area contributed by atoms with E-state index in [1.807, 2.05) is 34.1 Å². The molecule has 1 aromatic heterocycles. The minimum Gasteiger partial charge on any atom is -0.489 e. The Morgan fingerprint density at radius 2 is 2.14 bits per heavy atom. The van der Waals surface area contributed by atoms with Crippen LogP contribution in [0, 0.1) is 0 Å². The van der Waals surface area contributed by atoms with Crippen molar-refractivity contribution in [2.45, 2.75) is 57.3 Å². The van der Waals surface area contributed by atoms with Crippen molar-refractivity contribution in [2.24, 2.45) is 0 Å². The maximum Gasteiger partial charge on any atom is 0.224 e. The fraction of sp³-hybridized carbons (Fsp3) is 0.545. The van der Waals surface area contributed by atoms with Crippen LogP contribution in [0.15, 0.2) is 24.5 Å². The molecule has 0 N–H and O–H groups in total. The summed E-state index contributed by atoms with van der Waals surface area (Å²) in [6.07, 6.45) is 7.83. The van der Waals surface area contributed by atoms with Crippen molar-refractivity contribution < 1.29 is 18.7 Å². The van der Waals surface area contributed by atoms with Crippen LogP contribution in [0.2, 0.25) is 0 Å². The zero-order valence-corrected chi connectivity index (χ0v) is 16.9. The van der Waals surface area contributed by atoms with E-state index >= 15 is 0 Å². The number of carbonyl (C=O) groups excluding carboxylic acids is 1. The van der Waals surface area contributed by atoms with Gasteiger partial charge in [0.1, 0.15) is 12.4 Å². The summed E-state index contributed by atoms with van der Waals surface area (Å²) in [6, 6.07) is 4.57. The lowest BCUT2D eigenvalue weighted by Crippen LogP contribution is -2.50. The standard InChI is InChI=1S/C22H26FN3O3/c1-14-3-6-19-20(26(14)15(2)27)8-7-18(16-9-24-25(10-16)17-4-5-17)21(19)29-13-22(23)11-28-12-22/h7-10,14,17H,3-6,11-13H2,1-2H3. The maximum atomic E-state index is 14.6. The van der Waals surface area contributed by atoms with Crippen LogP contribution < -0.4 is 9.64 Å². The van der Waals surface area contributed by atoms with E-state index < -0.39 is 5.67 Å². The molecule has 6 nitrogen and oxygen atoms in total. The summed E-state index contributed by atoms with van der Waals surface area (Å²) >= 11 is 0. The molecule has 3 heterocycles. The Bertz CT molecular complexity index is 949. The molecule has 1 saturated heterocycles. The number of fused-ring (bicyclic) bond motifs is 1. The fourth-order valence-electron chi connectivity index (χ4n) is 4.30. The van der Waals surface area contributed by atoms with E-state index in [9.17, 15) is 9.18 Å². The van der Waals surface area contributed by atoms with Crippen molar-refractivity contribution in [3.8, 4) is 16.9 Å². The average Bonchev–Trinajstić information content (AvgIpc) is 3.41. The molecule has 2 aliphatic heterocycles. The summed E-state index contributed by atoms with van der Waals surface area (Å²) in [5.41, 5.74) is 2.25. The summed E-state index contributed by atoms with van der Waals surface area (Å²) in [5, 5.41) is 4.50. The molecule has 154 valence electrons. The molecule has 1 atom stereocenters. The Balaban J connectivity index is 1.57. The lowest BCUT2D eigenvalue weighted by molar-refractivity contribution is -0.146. The smallest absolute Gasteiger partial charge is 0.224 e. The fourth-order valence-corrected chi connectivity index (χ4v) is 4.30. The van der Waals surface area contributed by atoms with Crippen LogP contribution in [0.5, 0.6) is 5.75 Å². The van der Waals surface area contributed by atoms with Gasteiger partial charge >= 0.3 is 0 Å². The molecular weight excluding hydrogens is 373 g/mol. The van der Waals surface area contributed by atoms with Crippen molar-refractivity contribution in [1.82, 2.24) is 9.78 Å². The molecule has 1 unspecified atom stereocenters. The largest absolute Gasteiger partial charge is 0.489 e. The van der Waals surface area contributed by atoms with Gasteiger partial charge in [-0.25, -0.2) is 4.39 Å². The van der Waals surface area contributed by atoms with Gasteiger partial charge in [0.25, 0.3) is 0 Å². The van der Waals surface area contributed by atoms with E-state index in [1.54, 1.807) is 6.92 Å². The van der Waals surface area contributed by atoms with Crippen LogP contribution in [-0.2, 0) is 16.0 Å². The summed E-state index contributed by atoms with van der Waals surface area (Å²) in [4.78, 5) is 14.1. The first kappa shape index (κ1) is 18.6. The molecule has 1 aliphatic carbocycles. The highest BCUT2D eigenvalue weighted by Gasteiger charge is 2.40. The maximum absolute atomic E-state index is 14.6. The molecule has 2 aromatic rings. The molecule has 1 amide bonds. The van der Waals surface area contributed by atoms with E-state index in [2.05, 4.69) is 12.0 Å². The molecule has 0 bridgehead atoms. The second-order valence-corrected chi connectivity index (χ2v) is 8.59. The summed E-state index contributed by atoms with van der Waals surface area (Å²) in [7, 11) is 0. The molecule has 0 spiro atoms. The van der Waals surface area contributed by atoms with Crippen LogP contribution in [0.3, 0.4) is 0 Å². The third-order valence-corrected chi connectivity index (χ3v) is 6.12. The second kappa shape index (κ2) is 6.83. The van der Waals surface area contributed by atoms with Crippen LogP contribution in [0.1, 0.15) is 44.7 Å². The highest BCUT2D eigenvalue weighted by molar-refractivity contribution is 5.95. The van der Waals surface area contributed by atoms with Gasteiger partial charge in [-0.15, -0.1) is 0 Å². The monoisotopic (exact) mass is 399 g/mol. The van der Waals surface area contributed by atoms with Crippen LogP contribution in [0.4, 0.5) is 10.1 Å². The second-order valence-electron chi connectivity index (χ2n) is 8.59. The van der Waals surface area contributed by atoms with E-state index in [0.717, 1.165) is 48.1 Å². The highest BCUT2D eigenvalue weighted by atomic mass is 19.1. The Labute approximate surface area is 169 Å². The van der Waals surface area contributed by atoms with E-state index in [-0.39, 0.29) is 31.8 Å². The lowest BCUT2D eigenvalue weighted by atomic mass is 9.92. The molecule has 1 aromatic carbocycles. The van der Waals surface area contributed by atoms with Gasteiger partial charge in [0, 0.05) is 35.9 Å². The first-order chi connectivity index (χ1) is 14.0. The molecule has 1 saturated carbocycles. The number of rotatable bonds is 5. The van der Waals surface area contributed by atoms with Crippen molar-refractivity contribution >= 4 is 11.6 Å². The van der Waals surface area contributed by atoms with Gasteiger partial charge in [-0.3, -0.25) is 9.48 Å². The third-order valence-electron chi connectivity index (χ3n) is 6.12. The predicted octanol–water partition coefficient (Wildman–Crippen LogP) is 3.69.